The van der Waals surface area contributed by atoms with E-state index in [9.17, 15) is 8.42 Å². The maximum Gasteiger partial charge on any atom is 0.243 e. The smallest absolute Gasteiger partial charge is 0.243 e. The van der Waals surface area contributed by atoms with Crippen LogP contribution in [0.5, 0.6) is 5.75 Å². The first-order chi connectivity index (χ1) is 8.54. The van der Waals surface area contributed by atoms with Gasteiger partial charge in [-0.2, -0.15) is 4.31 Å². The molecule has 19 heavy (non-hydrogen) atoms. The lowest BCUT2D eigenvalue weighted by atomic mass is 10.3. The molecule has 0 aromatic heterocycles. The van der Waals surface area contributed by atoms with Crippen LogP contribution in [-0.2, 0) is 10.0 Å². The molecule has 1 aliphatic heterocycles. The van der Waals surface area contributed by atoms with Crippen LogP contribution in [-0.4, -0.2) is 38.5 Å². The Labute approximate surface area is 120 Å². The minimum Gasteiger partial charge on any atom is -0.494 e. The predicted molar refractivity (Wildman–Crippen MR) is 76.2 cm³/mol. The molecule has 1 aliphatic rings. The summed E-state index contributed by atoms with van der Waals surface area (Å²) >= 11 is 0. The van der Waals surface area contributed by atoms with Gasteiger partial charge in [-0.3, -0.25) is 0 Å². The zero-order chi connectivity index (χ0) is 13.2. The first kappa shape index (κ1) is 16.2. The molecular formula is C12H19ClN2O3S. The Bertz CT molecular complexity index is 504. The van der Waals surface area contributed by atoms with Gasteiger partial charge in [-0.25, -0.2) is 8.42 Å². The lowest BCUT2D eigenvalue weighted by Crippen LogP contribution is -2.31. The normalized spacial score (nSPS) is 20.0. The molecule has 0 radical (unpaired) electrons. The second kappa shape index (κ2) is 6.56. The standard InChI is InChI=1S/C12H18N2O3S.ClH/c1-2-17-11-3-5-12(6-4-11)18(15,16)14-8-7-10(13)9-14;/h3-6,10H,2,7-9,13H2,1H3;1H/t10-;/m1./s1. The van der Waals surface area contributed by atoms with E-state index >= 15 is 0 Å². The molecule has 0 amide bonds. The number of ether oxygens (including phenoxy) is 1. The maximum absolute atomic E-state index is 12.3. The van der Waals surface area contributed by atoms with E-state index in [-0.39, 0.29) is 18.4 Å². The first-order valence-corrected chi connectivity index (χ1v) is 7.46. The minimum atomic E-state index is -3.41. The Morgan fingerprint density at radius 3 is 2.47 bits per heavy atom. The van der Waals surface area contributed by atoms with Gasteiger partial charge >= 0.3 is 0 Å². The van der Waals surface area contributed by atoms with Crippen molar-refractivity contribution in [3.63, 3.8) is 0 Å². The zero-order valence-corrected chi connectivity index (χ0v) is 12.4. The minimum absolute atomic E-state index is 0. The van der Waals surface area contributed by atoms with E-state index in [1.54, 1.807) is 24.3 Å². The maximum atomic E-state index is 12.3. The fourth-order valence-electron chi connectivity index (χ4n) is 2.00. The molecule has 0 bridgehead atoms. The van der Waals surface area contributed by atoms with E-state index in [0.29, 0.717) is 30.3 Å². The Morgan fingerprint density at radius 1 is 1.37 bits per heavy atom. The third-order valence-corrected chi connectivity index (χ3v) is 4.84. The molecule has 1 heterocycles. The number of halogens is 1. The molecular weight excluding hydrogens is 288 g/mol. The molecule has 1 fully saturated rings. The summed E-state index contributed by atoms with van der Waals surface area (Å²) in [6.07, 6.45) is 0.719. The van der Waals surface area contributed by atoms with E-state index in [4.69, 9.17) is 10.5 Å². The third kappa shape index (κ3) is 3.60. The second-order valence-corrected chi connectivity index (χ2v) is 6.25. The molecule has 0 unspecified atom stereocenters. The topological polar surface area (TPSA) is 72.6 Å². The van der Waals surface area contributed by atoms with Crippen molar-refractivity contribution in [2.75, 3.05) is 19.7 Å². The summed E-state index contributed by atoms with van der Waals surface area (Å²) in [6, 6.07) is 6.44. The molecule has 0 aliphatic carbocycles. The number of hydrogen-bond donors (Lipinski definition) is 1. The number of rotatable bonds is 4. The van der Waals surface area contributed by atoms with E-state index in [0.717, 1.165) is 6.42 Å². The van der Waals surface area contributed by atoms with Crippen molar-refractivity contribution in [3.05, 3.63) is 24.3 Å². The second-order valence-electron chi connectivity index (χ2n) is 4.32. The van der Waals surface area contributed by atoms with Crippen LogP contribution in [0.3, 0.4) is 0 Å². The van der Waals surface area contributed by atoms with Crippen molar-refractivity contribution in [2.24, 2.45) is 5.73 Å². The molecule has 2 N–H and O–H groups in total. The zero-order valence-electron chi connectivity index (χ0n) is 10.8. The fourth-order valence-corrected chi connectivity index (χ4v) is 3.51. The van der Waals surface area contributed by atoms with Gasteiger partial charge in [0.05, 0.1) is 11.5 Å². The number of sulfonamides is 1. The molecule has 1 atom stereocenters. The van der Waals surface area contributed by atoms with Gasteiger partial charge in [-0.15, -0.1) is 12.4 Å². The summed E-state index contributed by atoms with van der Waals surface area (Å²) in [5.41, 5.74) is 5.74. The molecule has 108 valence electrons. The molecule has 7 heteroatoms. The van der Waals surface area contributed by atoms with Crippen LogP contribution in [0.2, 0.25) is 0 Å². The summed E-state index contributed by atoms with van der Waals surface area (Å²) in [5, 5.41) is 0. The summed E-state index contributed by atoms with van der Waals surface area (Å²) in [7, 11) is -3.41. The van der Waals surface area contributed by atoms with Crippen molar-refractivity contribution in [1.82, 2.24) is 4.31 Å². The molecule has 5 nitrogen and oxygen atoms in total. The van der Waals surface area contributed by atoms with Crippen molar-refractivity contribution < 1.29 is 13.2 Å². The van der Waals surface area contributed by atoms with E-state index < -0.39 is 10.0 Å². The van der Waals surface area contributed by atoms with Crippen LogP contribution in [0.4, 0.5) is 0 Å². The van der Waals surface area contributed by atoms with Gasteiger partial charge in [0.15, 0.2) is 0 Å². The van der Waals surface area contributed by atoms with Gasteiger partial charge in [0.25, 0.3) is 0 Å². The average Bonchev–Trinajstić information content (AvgIpc) is 2.78. The first-order valence-electron chi connectivity index (χ1n) is 6.02. The van der Waals surface area contributed by atoms with E-state index in [2.05, 4.69) is 0 Å². The predicted octanol–water partition coefficient (Wildman–Crippen LogP) is 1.23. The Hall–Kier alpha value is -0.820. The fraction of sp³-hybridized carbons (Fsp3) is 0.500. The number of benzene rings is 1. The highest BCUT2D eigenvalue weighted by Crippen LogP contribution is 2.22. The van der Waals surface area contributed by atoms with Crippen molar-refractivity contribution in [3.8, 4) is 5.75 Å². The molecule has 1 aromatic rings. The van der Waals surface area contributed by atoms with E-state index in [1.165, 1.54) is 4.31 Å². The van der Waals surface area contributed by atoms with Gasteiger partial charge < -0.3 is 10.5 Å². The van der Waals surface area contributed by atoms with Gasteiger partial charge in [-0.1, -0.05) is 0 Å². The van der Waals surface area contributed by atoms with Crippen LogP contribution in [0, 0.1) is 0 Å². The van der Waals surface area contributed by atoms with Gasteiger partial charge in [0.2, 0.25) is 10.0 Å². The number of nitrogens with two attached hydrogens (primary N) is 1. The molecule has 1 aromatic carbocycles. The van der Waals surface area contributed by atoms with Crippen molar-refractivity contribution >= 4 is 22.4 Å². The van der Waals surface area contributed by atoms with Crippen molar-refractivity contribution in [1.29, 1.82) is 0 Å². The van der Waals surface area contributed by atoms with Gasteiger partial charge in [-0.05, 0) is 37.6 Å². The van der Waals surface area contributed by atoms with Crippen LogP contribution in [0.15, 0.2) is 29.2 Å². The Balaban J connectivity index is 0.00000180. The number of hydrogen-bond acceptors (Lipinski definition) is 4. The summed E-state index contributed by atoms with van der Waals surface area (Å²) in [6.45, 7) is 3.34. The molecule has 0 saturated carbocycles. The average molecular weight is 307 g/mol. The lowest BCUT2D eigenvalue weighted by molar-refractivity contribution is 0.340. The third-order valence-electron chi connectivity index (χ3n) is 2.96. The molecule has 1 saturated heterocycles. The quantitative estimate of drug-likeness (QED) is 0.908. The van der Waals surface area contributed by atoms with Gasteiger partial charge in [0, 0.05) is 19.1 Å². The highest BCUT2D eigenvalue weighted by Gasteiger charge is 2.30. The van der Waals surface area contributed by atoms with Crippen molar-refractivity contribution in [2.45, 2.75) is 24.3 Å². The highest BCUT2D eigenvalue weighted by atomic mass is 35.5. The number of nitrogens with zero attached hydrogens (tertiary/aromatic N) is 1. The van der Waals surface area contributed by atoms with E-state index in [1.807, 2.05) is 6.92 Å². The molecule has 0 spiro atoms. The summed E-state index contributed by atoms with van der Waals surface area (Å²) < 4.78 is 31.3. The molecule has 2 rings (SSSR count). The van der Waals surface area contributed by atoms with Crippen LogP contribution < -0.4 is 10.5 Å². The van der Waals surface area contributed by atoms with Crippen LogP contribution in [0.1, 0.15) is 13.3 Å². The van der Waals surface area contributed by atoms with Crippen LogP contribution in [0.25, 0.3) is 0 Å². The summed E-state index contributed by atoms with van der Waals surface area (Å²) in [4.78, 5) is 0.292. The largest absolute Gasteiger partial charge is 0.494 e. The van der Waals surface area contributed by atoms with Gasteiger partial charge in [0.1, 0.15) is 5.75 Å². The SMILES string of the molecule is CCOc1ccc(S(=O)(=O)N2CC[C@@H](N)C2)cc1.Cl. The summed E-state index contributed by atoms with van der Waals surface area (Å²) in [5.74, 6) is 0.676. The Morgan fingerprint density at radius 2 is 2.00 bits per heavy atom. The monoisotopic (exact) mass is 306 g/mol. The Kier molecular flexibility index (Phi) is 5.61. The van der Waals surface area contributed by atoms with Crippen LogP contribution >= 0.6 is 12.4 Å². The lowest BCUT2D eigenvalue weighted by Gasteiger charge is -2.16. The highest BCUT2D eigenvalue weighted by molar-refractivity contribution is 7.89.